The fraction of sp³-hybridized carbons (Fsp3) is 1.00. The zero-order chi connectivity index (χ0) is 23.8. The average Bonchev–Trinajstić information content (AvgIpc) is 2.81. The summed E-state index contributed by atoms with van der Waals surface area (Å²) >= 11 is 0. The summed E-state index contributed by atoms with van der Waals surface area (Å²) in [4.78, 5) is 0. The zero-order valence-electron chi connectivity index (χ0n) is 23.8. The molecule has 0 aromatic heterocycles. The molecule has 0 heterocycles. The molecule has 0 radical (unpaired) electrons. The summed E-state index contributed by atoms with van der Waals surface area (Å²) in [5.41, 5.74) is 0.635. The molecule has 32 heavy (non-hydrogen) atoms. The molecule has 0 aliphatic carbocycles. The van der Waals surface area contributed by atoms with Crippen molar-refractivity contribution in [2.24, 2.45) is 11.3 Å². The molecule has 0 aliphatic heterocycles. The predicted molar refractivity (Wildman–Crippen MR) is 150 cm³/mol. The first-order valence-corrected chi connectivity index (χ1v) is 15.7. The quantitative estimate of drug-likeness (QED) is 0.115. The molecule has 194 valence electrons. The van der Waals surface area contributed by atoms with E-state index in [0.717, 1.165) is 5.92 Å². The molecule has 0 nitrogen and oxygen atoms in total. The van der Waals surface area contributed by atoms with Crippen LogP contribution in [0.5, 0.6) is 0 Å². The highest BCUT2D eigenvalue weighted by Crippen LogP contribution is 2.44. The minimum atomic E-state index is 0.635. The van der Waals surface area contributed by atoms with Gasteiger partial charge < -0.3 is 0 Å². The van der Waals surface area contributed by atoms with Crippen molar-refractivity contribution in [1.82, 2.24) is 0 Å². The number of hydrogen-bond acceptors (Lipinski definition) is 0. The Bertz CT molecular complexity index is 346. The topological polar surface area (TPSA) is 0 Å². The predicted octanol–water partition coefficient (Wildman–Crippen LogP) is 12.4. The Morgan fingerprint density at radius 3 is 1.09 bits per heavy atom. The number of rotatable bonds is 26. The van der Waals surface area contributed by atoms with Gasteiger partial charge in [0.15, 0.2) is 0 Å². The van der Waals surface area contributed by atoms with Gasteiger partial charge >= 0.3 is 0 Å². The minimum absolute atomic E-state index is 0.635. The van der Waals surface area contributed by atoms with E-state index in [0.29, 0.717) is 5.41 Å². The summed E-state index contributed by atoms with van der Waals surface area (Å²) in [5.74, 6) is 0.920. The Morgan fingerprint density at radius 1 is 0.406 bits per heavy atom. The maximum Gasteiger partial charge on any atom is -0.0274 e. The molecule has 0 saturated carbocycles. The normalized spacial score (nSPS) is 14.5. The standard InChI is InChI=1S/C32H66/c1-6-10-13-16-18-19-20-21-23-25-28-31(5)32(9-4,29-26-15-12-8-3)30-27-24-22-17-14-11-7-2/h31H,6-30H2,1-5H3. The van der Waals surface area contributed by atoms with Crippen LogP contribution in [0.3, 0.4) is 0 Å². The van der Waals surface area contributed by atoms with E-state index in [2.05, 4.69) is 34.6 Å². The van der Waals surface area contributed by atoms with Gasteiger partial charge in [-0.05, 0) is 24.2 Å². The lowest BCUT2D eigenvalue weighted by Crippen LogP contribution is -2.28. The fourth-order valence-corrected chi connectivity index (χ4v) is 5.90. The van der Waals surface area contributed by atoms with Crippen molar-refractivity contribution < 1.29 is 0 Å². The molecular formula is C32H66. The minimum Gasteiger partial charge on any atom is -0.0654 e. The van der Waals surface area contributed by atoms with E-state index in [4.69, 9.17) is 0 Å². The van der Waals surface area contributed by atoms with Crippen LogP contribution in [-0.2, 0) is 0 Å². The van der Waals surface area contributed by atoms with Crippen molar-refractivity contribution in [2.45, 2.75) is 195 Å². The van der Waals surface area contributed by atoms with Crippen LogP contribution in [0.25, 0.3) is 0 Å². The van der Waals surface area contributed by atoms with Gasteiger partial charge in [0.05, 0.1) is 0 Å². The lowest BCUT2D eigenvalue weighted by Gasteiger charge is -2.40. The molecule has 0 N–H and O–H groups in total. The first-order valence-electron chi connectivity index (χ1n) is 15.7. The summed E-state index contributed by atoms with van der Waals surface area (Å²) in [6.45, 7) is 12.1. The van der Waals surface area contributed by atoms with Crippen molar-refractivity contribution in [3.05, 3.63) is 0 Å². The Hall–Kier alpha value is 0. The molecule has 0 amide bonds. The monoisotopic (exact) mass is 451 g/mol. The summed E-state index contributed by atoms with van der Waals surface area (Å²) in [6.07, 6.45) is 36.4. The highest BCUT2D eigenvalue weighted by molar-refractivity contribution is 4.83. The van der Waals surface area contributed by atoms with E-state index in [1.54, 1.807) is 0 Å². The summed E-state index contributed by atoms with van der Waals surface area (Å²) in [6, 6.07) is 0. The van der Waals surface area contributed by atoms with Crippen molar-refractivity contribution in [3.63, 3.8) is 0 Å². The lowest BCUT2D eigenvalue weighted by molar-refractivity contribution is 0.113. The Balaban J connectivity index is 4.26. The van der Waals surface area contributed by atoms with E-state index in [-0.39, 0.29) is 0 Å². The van der Waals surface area contributed by atoms with E-state index < -0.39 is 0 Å². The van der Waals surface area contributed by atoms with E-state index in [1.807, 2.05) is 0 Å². The molecule has 0 aliphatic rings. The second-order valence-corrected chi connectivity index (χ2v) is 11.3. The molecule has 0 rings (SSSR count). The summed E-state index contributed by atoms with van der Waals surface area (Å²) in [5, 5.41) is 0. The van der Waals surface area contributed by atoms with E-state index in [1.165, 1.54) is 161 Å². The van der Waals surface area contributed by atoms with Crippen LogP contribution >= 0.6 is 0 Å². The lowest BCUT2D eigenvalue weighted by atomic mass is 9.66. The first kappa shape index (κ1) is 32.0. The molecule has 0 saturated heterocycles. The fourth-order valence-electron chi connectivity index (χ4n) is 5.90. The SMILES string of the molecule is CCCCCCCCCCCCC(C)C(CC)(CCCCCC)CCCCCCCCC. The number of unbranched alkanes of at least 4 members (excludes halogenated alkanes) is 18. The maximum atomic E-state index is 2.62. The van der Waals surface area contributed by atoms with E-state index in [9.17, 15) is 0 Å². The van der Waals surface area contributed by atoms with Gasteiger partial charge in [-0.3, -0.25) is 0 Å². The largest absolute Gasteiger partial charge is 0.0654 e. The van der Waals surface area contributed by atoms with Crippen LogP contribution in [-0.4, -0.2) is 0 Å². The van der Waals surface area contributed by atoms with Gasteiger partial charge in [-0.15, -0.1) is 0 Å². The third-order valence-electron chi connectivity index (χ3n) is 8.55. The van der Waals surface area contributed by atoms with Crippen LogP contribution in [0.2, 0.25) is 0 Å². The molecule has 2 atom stereocenters. The van der Waals surface area contributed by atoms with Crippen molar-refractivity contribution in [1.29, 1.82) is 0 Å². The van der Waals surface area contributed by atoms with Gasteiger partial charge in [0, 0.05) is 0 Å². The second-order valence-electron chi connectivity index (χ2n) is 11.3. The van der Waals surface area contributed by atoms with Gasteiger partial charge in [-0.1, -0.05) is 182 Å². The summed E-state index contributed by atoms with van der Waals surface area (Å²) < 4.78 is 0. The van der Waals surface area contributed by atoms with Crippen LogP contribution in [0.4, 0.5) is 0 Å². The van der Waals surface area contributed by atoms with Crippen LogP contribution in [0.1, 0.15) is 195 Å². The van der Waals surface area contributed by atoms with Gasteiger partial charge in [0.2, 0.25) is 0 Å². The Labute approximate surface area is 206 Å². The molecule has 0 aromatic carbocycles. The first-order chi connectivity index (χ1) is 15.7. The maximum absolute atomic E-state index is 2.62. The van der Waals surface area contributed by atoms with Crippen LogP contribution in [0.15, 0.2) is 0 Å². The second kappa shape index (κ2) is 24.1. The smallest absolute Gasteiger partial charge is 0.0274 e. The van der Waals surface area contributed by atoms with Gasteiger partial charge in [-0.25, -0.2) is 0 Å². The highest BCUT2D eigenvalue weighted by Gasteiger charge is 2.32. The van der Waals surface area contributed by atoms with Crippen molar-refractivity contribution >= 4 is 0 Å². The molecule has 0 heteroatoms. The van der Waals surface area contributed by atoms with E-state index >= 15 is 0 Å². The van der Waals surface area contributed by atoms with Crippen LogP contribution < -0.4 is 0 Å². The molecule has 0 fully saturated rings. The van der Waals surface area contributed by atoms with Crippen molar-refractivity contribution in [3.8, 4) is 0 Å². The molecular weight excluding hydrogens is 384 g/mol. The molecule has 2 unspecified atom stereocenters. The molecule has 0 spiro atoms. The third-order valence-corrected chi connectivity index (χ3v) is 8.55. The zero-order valence-corrected chi connectivity index (χ0v) is 23.8. The molecule has 0 bridgehead atoms. The van der Waals surface area contributed by atoms with Crippen LogP contribution in [0, 0.1) is 11.3 Å². The van der Waals surface area contributed by atoms with Gasteiger partial charge in [0.1, 0.15) is 0 Å². The molecule has 0 aromatic rings. The van der Waals surface area contributed by atoms with Crippen molar-refractivity contribution in [2.75, 3.05) is 0 Å². The summed E-state index contributed by atoms with van der Waals surface area (Å²) in [7, 11) is 0. The Kier molecular flexibility index (Phi) is 24.1. The average molecular weight is 451 g/mol. The third kappa shape index (κ3) is 17.5. The Morgan fingerprint density at radius 2 is 0.719 bits per heavy atom. The number of hydrogen-bond donors (Lipinski definition) is 0. The van der Waals surface area contributed by atoms with Gasteiger partial charge in [-0.2, -0.15) is 0 Å². The van der Waals surface area contributed by atoms with Gasteiger partial charge in [0.25, 0.3) is 0 Å². The highest BCUT2D eigenvalue weighted by atomic mass is 14.4.